The van der Waals surface area contributed by atoms with Gasteiger partial charge in [-0.05, 0) is 38.6 Å². The molecule has 0 aromatic carbocycles. The van der Waals surface area contributed by atoms with E-state index in [1.165, 1.54) is 6.42 Å². The van der Waals surface area contributed by atoms with E-state index in [-0.39, 0.29) is 6.09 Å². The van der Waals surface area contributed by atoms with Crippen LogP contribution in [0.15, 0.2) is 18.2 Å². The molecule has 4 heterocycles. The lowest BCUT2D eigenvalue weighted by molar-refractivity contribution is -0.0431. The van der Waals surface area contributed by atoms with Crippen LogP contribution in [0.5, 0.6) is 0 Å². The number of hydrogen-bond donors (Lipinski definition) is 0. The van der Waals surface area contributed by atoms with E-state index in [1.807, 2.05) is 12.1 Å². The fourth-order valence-electron chi connectivity index (χ4n) is 4.03. The van der Waals surface area contributed by atoms with Crippen LogP contribution in [0.3, 0.4) is 0 Å². The first-order valence-electron chi connectivity index (χ1n) is 8.89. The highest BCUT2D eigenvalue weighted by Crippen LogP contribution is 2.35. The van der Waals surface area contributed by atoms with E-state index in [1.54, 1.807) is 4.90 Å². The molecule has 0 unspecified atom stereocenters. The van der Waals surface area contributed by atoms with Gasteiger partial charge in [0.1, 0.15) is 11.4 Å². The van der Waals surface area contributed by atoms with Gasteiger partial charge in [0.25, 0.3) is 0 Å². The van der Waals surface area contributed by atoms with Gasteiger partial charge in [-0.2, -0.15) is 0 Å². The van der Waals surface area contributed by atoms with E-state index in [2.05, 4.69) is 18.0 Å². The van der Waals surface area contributed by atoms with Crippen molar-refractivity contribution in [2.45, 2.75) is 37.2 Å². The van der Waals surface area contributed by atoms with E-state index in [0.29, 0.717) is 31.5 Å². The van der Waals surface area contributed by atoms with Crippen LogP contribution in [-0.2, 0) is 9.47 Å². The third-order valence-electron chi connectivity index (χ3n) is 5.45. The molecule has 3 fully saturated rings. The number of anilines is 1. The largest absolute Gasteiger partial charge is 0.440 e. The summed E-state index contributed by atoms with van der Waals surface area (Å²) in [6.45, 7) is 4.07. The third kappa shape index (κ3) is 3.00. The Morgan fingerprint density at radius 3 is 2.92 bits per heavy atom. The number of likely N-dealkylation sites (N-methyl/N-ethyl adjacent to an activating group) is 1. The number of aromatic nitrogens is 1. The summed E-state index contributed by atoms with van der Waals surface area (Å²) in [5, 5.41) is 0. The second kappa shape index (κ2) is 6.33. The lowest BCUT2D eigenvalue weighted by atomic mass is 9.94. The molecule has 6 nitrogen and oxygen atoms in total. The van der Waals surface area contributed by atoms with Gasteiger partial charge in [-0.3, -0.25) is 4.90 Å². The molecule has 130 valence electrons. The van der Waals surface area contributed by atoms with Crippen LogP contribution in [0.2, 0.25) is 0 Å². The molecule has 3 saturated heterocycles. The average Bonchev–Trinajstić information content (AvgIpc) is 2.91. The molecule has 6 heteroatoms. The zero-order chi connectivity index (χ0) is 16.6. The topological polar surface area (TPSA) is 54.9 Å². The predicted octanol–water partition coefficient (Wildman–Crippen LogP) is 2.40. The highest BCUT2D eigenvalue weighted by molar-refractivity contribution is 5.89. The summed E-state index contributed by atoms with van der Waals surface area (Å²) in [4.78, 5) is 21.3. The molecule has 1 aromatic heterocycles. The molecule has 1 atom stereocenters. The second-order valence-corrected chi connectivity index (χ2v) is 7.27. The Balaban J connectivity index is 1.54. The Morgan fingerprint density at radius 2 is 2.12 bits per heavy atom. The maximum absolute atomic E-state index is 12.4. The molecule has 0 N–H and O–H groups in total. The van der Waals surface area contributed by atoms with Crippen molar-refractivity contribution in [3.8, 4) is 0 Å². The standard InChI is InChI=1S/C18H25N3O3/c1-20-9-3-4-14(12-20)15-5-2-6-16(19-15)21-13-18(24-17(21)22)7-10-23-11-8-18/h2,5-6,14H,3-4,7-13H2,1H3/t14-/m1/s1. The summed E-state index contributed by atoms with van der Waals surface area (Å²) in [6.07, 6.45) is 3.61. The quantitative estimate of drug-likeness (QED) is 0.833. The van der Waals surface area contributed by atoms with Gasteiger partial charge < -0.3 is 14.4 Å². The van der Waals surface area contributed by atoms with Crippen LogP contribution in [-0.4, -0.2) is 61.5 Å². The number of likely N-dealkylation sites (tertiary alicyclic amines) is 1. The minimum Gasteiger partial charge on any atom is -0.440 e. The smallest absolute Gasteiger partial charge is 0.416 e. The molecule has 3 aliphatic heterocycles. The predicted molar refractivity (Wildman–Crippen MR) is 90.3 cm³/mol. The summed E-state index contributed by atoms with van der Waals surface area (Å²) in [6, 6.07) is 6.00. The number of rotatable bonds is 2. The van der Waals surface area contributed by atoms with Gasteiger partial charge in [-0.25, -0.2) is 9.78 Å². The number of amides is 1. The zero-order valence-electron chi connectivity index (χ0n) is 14.2. The molecule has 3 aliphatic rings. The molecule has 4 rings (SSSR count). The number of pyridine rings is 1. The molecule has 0 aliphatic carbocycles. The first-order chi connectivity index (χ1) is 11.7. The normalized spacial score (nSPS) is 27.5. The number of carbonyl (C=O) groups excluding carboxylic acids is 1. The molecule has 24 heavy (non-hydrogen) atoms. The first-order valence-corrected chi connectivity index (χ1v) is 8.89. The maximum atomic E-state index is 12.4. The Bertz CT molecular complexity index is 615. The average molecular weight is 331 g/mol. The van der Waals surface area contributed by atoms with Crippen molar-refractivity contribution in [2.24, 2.45) is 0 Å². The Kier molecular flexibility index (Phi) is 4.18. The maximum Gasteiger partial charge on any atom is 0.416 e. The zero-order valence-corrected chi connectivity index (χ0v) is 14.2. The lowest BCUT2D eigenvalue weighted by Gasteiger charge is -2.31. The molecule has 0 bridgehead atoms. The van der Waals surface area contributed by atoms with Crippen molar-refractivity contribution in [1.29, 1.82) is 0 Å². The van der Waals surface area contributed by atoms with Crippen molar-refractivity contribution in [3.05, 3.63) is 23.9 Å². The molecule has 0 saturated carbocycles. The van der Waals surface area contributed by atoms with E-state index in [9.17, 15) is 4.79 Å². The van der Waals surface area contributed by atoms with Gasteiger partial charge in [0, 0.05) is 31.0 Å². The van der Waals surface area contributed by atoms with Crippen LogP contribution >= 0.6 is 0 Å². The summed E-state index contributed by atoms with van der Waals surface area (Å²) in [5.41, 5.74) is 0.692. The number of nitrogens with zero attached hydrogens (tertiary/aromatic N) is 3. The second-order valence-electron chi connectivity index (χ2n) is 7.27. The van der Waals surface area contributed by atoms with Crippen molar-refractivity contribution in [1.82, 2.24) is 9.88 Å². The van der Waals surface area contributed by atoms with Gasteiger partial charge in [-0.15, -0.1) is 0 Å². The van der Waals surface area contributed by atoms with Gasteiger partial charge >= 0.3 is 6.09 Å². The fraction of sp³-hybridized carbons (Fsp3) is 0.667. The van der Waals surface area contributed by atoms with E-state index in [0.717, 1.165) is 38.0 Å². The first kappa shape index (κ1) is 15.8. The summed E-state index contributed by atoms with van der Waals surface area (Å²) in [5.74, 6) is 1.16. The van der Waals surface area contributed by atoms with Crippen molar-refractivity contribution in [3.63, 3.8) is 0 Å². The lowest BCUT2D eigenvalue weighted by Crippen LogP contribution is -2.40. The Morgan fingerprint density at radius 1 is 1.29 bits per heavy atom. The Hall–Kier alpha value is -1.66. The van der Waals surface area contributed by atoms with Crippen molar-refractivity contribution >= 4 is 11.9 Å². The highest BCUT2D eigenvalue weighted by Gasteiger charge is 2.47. The van der Waals surface area contributed by atoms with Crippen molar-refractivity contribution in [2.75, 3.05) is 44.8 Å². The molecular weight excluding hydrogens is 306 g/mol. The number of hydrogen-bond acceptors (Lipinski definition) is 5. The van der Waals surface area contributed by atoms with E-state index >= 15 is 0 Å². The molecular formula is C18H25N3O3. The van der Waals surface area contributed by atoms with Crippen LogP contribution in [0.1, 0.15) is 37.3 Å². The van der Waals surface area contributed by atoms with Gasteiger partial charge in [0.05, 0.1) is 19.8 Å². The Labute approximate surface area is 142 Å². The van der Waals surface area contributed by atoms with Crippen LogP contribution in [0.25, 0.3) is 0 Å². The summed E-state index contributed by atoms with van der Waals surface area (Å²) >= 11 is 0. The fourth-order valence-corrected chi connectivity index (χ4v) is 4.03. The van der Waals surface area contributed by atoms with Crippen LogP contribution in [0.4, 0.5) is 10.6 Å². The SMILES string of the molecule is CN1CCC[C@@H](c2cccc(N3CC4(CCOCC4)OC3=O)n2)C1. The molecule has 1 aromatic rings. The van der Waals surface area contributed by atoms with Gasteiger partial charge in [0.2, 0.25) is 0 Å². The number of ether oxygens (including phenoxy) is 2. The highest BCUT2D eigenvalue weighted by atomic mass is 16.6. The monoisotopic (exact) mass is 331 g/mol. The van der Waals surface area contributed by atoms with Gasteiger partial charge in [0.15, 0.2) is 0 Å². The third-order valence-corrected chi connectivity index (χ3v) is 5.45. The van der Waals surface area contributed by atoms with Crippen molar-refractivity contribution < 1.29 is 14.3 Å². The minimum absolute atomic E-state index is 0.276. The van der Waals surface area contributed by atoms with Crippen LogP contribution in [0, 0.1) is 0 Å². The molecule has 0 radical (unpaired) electrons. The molecule has 1 amide bonds. The number of piperidine rings is 1. The van der Waals surface area contributed by atoms with E-state index in [4.69, 9.17) is 14.5 Å². The summed E-state index contributed by atoms with van der Waals surface area (Å²) < 4.78 is 11.1. The van der Waals surface area contributed by atoms with Gasteiger partial charge in [-0.1, -0.05) is 6.07 Å². The molecule has 1 spiro atoms. The number of carbonyl (C=O) groups is 1. The van der Waals surface area contributed by atoms with Crippen LogP contribution < -0.4 is 4.90 Å². The van der Waals surface area contributed by atoms with E-state index < -0.39 is 5.60 Å². The minimum atomic E-state index is -0.391. The summed E-state index contributed by atoms with van der Waals surface area (Å²) in [7, 11) is 2.16.